The van der Waals surface area contributed by atoms with Gasteiger partial charge in [-0.25, -0.2) is 4.57 Å². The van der Waals surface area contributed by atoms with Crippen LogP contribution < -0.4 is 5.73 Å². The molecule has 3 N–H and O–H groups in total. The van der Waals surface area contributed by atoms with Crippen molar-refractivity contribution in [2.75, 3.05) is 40.4 Å². The zero-order valence-electron chi connectivity index (χ0n) is 36.6. The maximum atomic E-state index is 12.7. The highest BCUT2D eigenvalue weighted by Crippen LogP contribution is 2.45. The number of nitrogens with two attached hydrogens (primary N) is 1. The number of allylic oxidation sites excluding steroid dienone is 4. The van der Waals surface area contributed by atoms with Gasteiger partial charge in [0.05, 0.1) is 12.7 Å². The van der Waals surface area contributed by atoms with Crippen molar-refractivity contribution in [3.63, 3.8) is 0 Å². The second-order valence-electron chi connectivity index (χ2n) is 15.8. The average molecular weight is 815 g/mol. The summed E-state index contributed by atoms with van der Waals surface area (Å²) < 4.78 is 34.3. The molecular formula is C45H87N2O8P. The van der Waals surface area contributed by atoms with Gasteiger partial charge in [0.25, 0.3) is 0 Å². The van der Waals surface area contributed by atoms with Crippen LogP contribution in [0.4, 0.5) is 0 Å². The first-order valence-electron chi connectivity index (χ1n) is 22.8. The van der Waals surface area contributed by atoms with Gasteiger partial charge < -0.3 is 25.0 Å². The largest absolute Gasteiger partial charge is 0.472 e. The fourth-order valence-corrected chi connectivity index (χ4v) is 7.29. The minimum atomic E-state index is -4.51. The molecule has 0 aliphatic heterocycles. The number of esters is 2. The van der Waals surface area contributed by atoms with E-state index in [2.05, 4.69) is 38.2 Å². The lowest BCUT2D eigenvalue weighted by atomic mass is 10.1. The third kappa shape index (κ3) is 39.3. The van der Waals surface area contributed by atoms with Crippen molar-refractivity contribution in [3.05, 3.63) is 24.3 Å². The van der Waals surface area contributed by atoms with Crippen LogP contribution in [0, 0.1) is 0 Å². The van der Waals surface area contributed by atoms with E-state index in [1.54, 1.807) is 0 Å². The molecule has 0 radical (unpaired) electrons. The summed E-state index contributed by atoms with van der Waals surface area (Å²) in [6.07, 6.45) is 38.8. The van der Waals surface area contributed by atoms with E-state index in [9.17, 15) is 19.0 Å². The smallest absolute Gasteiger partial charge is 0.462 e. The van der Waals surface area contributed by atoms with Crippen molar-refractivity contribution in [1.29, 1.82) is 0 Å². The van der Waals surface area contributed by atoms with E-state index in [1.165, 1.54) is 89.9 Å². The number of carbonyl (C=O) groups excluding carboxylic acids is 2. The number of nitrogens with zero attached hydrogens (tertiary/aromatic N) is 1. The number of hydrogen-bond acceptors (Lipinski definition) is 9. The summed E-state index contributed by atoms with van der Waals surface area (Å²) >= 11 is 0. The van der Waals surface area contributed by atoms with Crippen molar-refractivity contribution in [3.8, 4) is 0 Å². The van der Waals surface area contributed by atoms with E-state index in [-0.39, 0.29) is 26.0 Å². The minimum Gasteiger partial charge on any atom is -0.462 e. The van der Waals surface area contributed by atoms with Gasteiger partial charge in [0.2, 0.25) is 0 Å². The Bertz CT molecular complexity index is 1010. The highest BCUT2D eigenvalue weighted by molar-refractivity contribution is 7.47. The fourth-order valence-electron chi connectivity index (χ4n) is 6.31. The van der Waals surface area contributed by atoms with E-state index in [1.807, 2.05) is 19.0 Å². The summed E-state index contributed by atoms with van der Waals surface area (Å²) in [4.78, 5) is 37.6. The normalized spacial score (nSPS) is 14.1. The molecule has 0 spiro atoms. The summed E-state index contributed by atoms with van der Waals surface area (Å²) in [7, 11) is -0.736. The molecule has 11 heteroatoms. The molecule has 0 heterocycles. The number of ether oxygens (including phenoxy) is 2. The Labute approximate surface area is 344 Å². The first kappa shape index (κ1) is 54.5. The van der Waals surface area contributed by atoms with Crippen LogP contribution in [0.1, 0.15) is 200 Å². The van der Waals surface area contributed by atoms with Gasteiger partial charge >= 0.3 is 19.8 Å². The van der Waals surface area contributed by atoms with Crippen LogP contribution in [0.15, 0.2) is 24.3 Å². The quantitative estimate of drug-likeness (QED) is 0.0265. The molecule has 0 aliphatic carbocycles. The van der Waals surface area contributed by atoms with Gasteiger partial charge in [0.15, 0.2) is 6.10 Å². The first-order chi connectivity index (χ1) is 27.1. The summed E-state index contributed by atoms with van der Waals surface area (Å²) in [5.74, 6) is -0.847. The lowest BCUT2D eigenvalue weighted by Crippen LogP contribution is -2.31. The fraction of sp³-hybridized carbons (Fsp3) is 0.867. The second-order valence-corrected chi connectivity index (χ2v) is 17.2. The van der Waals surface area contributed by atoms with Crippen LogP contribution in [0.5, 0.6) is 0 Å². The maximum absolute atomic E-state index is 12.7. The molecule has 0 saturated carbocycles. The van der Waals surface area contributed by atoms with Crippen LogP contribution in [-0.2, 0) is 32.7 Å². The molecule has 2 unspecified atom stereocenters. The molecular weight excluding hydrogens is 727 g/mol. The molecule has 0 fully saturated rings. The molecule has 0 amide bonds. The van der Waals surface area contributed by atoms with Crippen LogP contribution in [-0.4, -0.2) is 74.3 Å². The van der Waals surface area contributed by atoms with Crippen molar-refractivity contribution in [2.45, 2.75) is 212 Å². The van der Waals surface area contributed by atoms with Crippen molar-refractivity contribution in [1.82, 2.24) is 4.90 Å². The lowest BCUT2D eigenvalue weighted by molar-refractivity contribution is -0.161. The Kier molecular flexibility index (Phi) is 39.1. The molecule has 10 nitrogen and oxygen atoms in total. The number of unbranched alkanes of at least 4 members (excludes halogenated alkanes) is 22. The Balaban J connectivity index is 4.53. The van der Waals surface area contributed by atoms with Gasteiger partial charge in [-0.3, -0.25) is 18.6 Å². The zero-order valence-corrected chi connectivity index (χ0v) is 37.5. The van der Waals surface area contributed by atoms with E-state index in [0.717, 1.165) is 70.6 Å². The van der Waals surface area contributed by atoms with Gasteiger partial charge in [0, 0.05) is 25.9 Å². The van der Waals surface area contributed by atoms with Gasteiger partial charge in [-0.05, 0) is 84.7 Å². The van der Waals surface area contributed by atoms with E-state index >= 15 is 0 Å². The third-order valence-corrected chi connectivity index (χ3v) is 10.9. The molecule has 3 atom stereocenters. The Morgan fingerprint density at radius 2 is 1.02 bits per heavy atom. The first-order valence-corrected chi connectivity index (χ1v) is 24.3. The van der Waals surface area contributed by atoms with E-state index < -0.39 is 38.6 Å². The second kappa shape index (κ2) is 40.2. The Hall–Kier alpha value is -1.55. The van der Waals surface area contributed by atoms with Gasteiger partial charge in [0.1, 0.15) is 6.61 Å². The standard InChI is InChI=1S/C45H87N2O8P/c1-5-7-9-11-13-15-17-19-21-23-25-27-29-31-33-35-44(48)52-40-43(41-53-56(50,51)55-42(39-46)37-38-47(3)4)54-45(49)36-34-32-30-28-26-24-22-20-18-16-14-12-10-8-6-2/h19-22,42-43H,5-18,23-41,46H2,1-4H3,(H,50,51)/b21-19-,22-20-/t42?,43-/m1/s1. The number of hydrogen-bond donors (Lipinski definition) is 2. The maximum Gasteiger partial charge on any atom is 0.472 e. The molecule has 56 heavy (non-hydrogen) atoms. The Morgan fingerprint density at radius 1 is 0.607 bits per heavy atom. The molecule has 0 saturated heterocycles. The third-order valence-electron chi connectivity index (χ3n) is 9.88. The van der Waals surface area contributed by atoms with Crippen molar-refractivity contribution >= 4 is 19.8 Å². The van der Waals surface area contributed by atoms with Gasteiger partial charge in [-0.15, -0.1) is 0 Å². The zero-order chi connectivity index (χ0) is 41.4. The van der Waals surface area contributed by atoms with Crippen LogP contribution in [0.25, 0.3) is 0 Å². The lowest BCUT2D eigenvalue weighted by Gasteiger charge is -2.23. The van der Waals surface area contributed by atoms with Crippen LogP contribution in [0.3, 0.4) is 0 Å². The van der Waals surface area contributed by atoms with Gasteiger partial charge in [-0.1, -0.05) is 141 Å². The van der Waals surface area contributed by atoms with Gasteiger partial charge in [-0.2, -0.15) is 0 Å². The van der Waals surface area contributed by atoms with Crippen LogP contribution >= 0.6 is 7.82 Å². The summed E-state index contributed by atoms with van der Waals surface area (Å²) in [6.45, 7) is 4.45. The monoisotopic (exact) mass is 815 g/mol. The summed E-state index contributed by atoms with van der Waals surface area (Å²) in [5.41, 5.74) is 5.75. The number of phosphoric ester groups is 1. The summed E-state index contributed by atoms with van der Waals surface area (Å²) in [5, 5.41) is 0. The van der Waals surface area contributed by atoms with Crippen molar-refractivity contribution < 1.29 is 37.6 Å². The number of carbonyl (C=O) groups is 2. The summed E-state index contributed by atoms with van der Waals surface area (Å²) in [6, 6.07) is 0. The van der Waals surface area contributed by atoms with E-state index in [4.69, 9.17) is 24.3 Å². The molecule has 0 rings (SSSR count). The molecule has 0 bridgehead atoms. The topological polar surface area (TPSA) is 138 Å². The number of phosphoric acid groups is 1. The molecule has 0 aromatic heterocycles. The molecule has 0 aromatic rings. The minimum absolute atomic E-state index is 0.0457. The van der Waals surface area contributed by atoms with Crippen molar-refractivity contribution in [2.24, 2.45) is 5.73 Å². The molecule has 0 aliphatic rings. The highest BCUT2D eigenvalue weighted by Gasteiger charge is 2.29. The predicted molar refractivity (Wildman–Crippen MR) is 233 cm³/mol. The predicted octanol–water partition coefficient (Wildman–Crippen LogP) is 11.9. The number of rotatable bonds is 42. The van der Waals surface area contributed by atoms with Crippen LogP contribution in [0.2, 0.25) is 0 Å². The molecule has 330 valence electrons. The average Bonchev–Trinajstić information content (AvgIpc) is 3.17. The SMILES string of the molecule is CCCCCCCC/C=C\CCCCCCCC(=O)OC[C@H](COP(=O)(O)OC(CN)CCN(C)C)OC(=O)CCCCCCC/C=C\CCCCCCCC. The molecule has 0 aromatic carbocycles. The Morgan fingerprint density at radius 3 is 1.45 bits per heavy atom. The highest BCUT2D eigenvalue weighted by atomic mass is 31.2. The van der Waals surface area contributed by atoms with E-state index in [0.29, 0.717) is 19.4 Å².